The lowest BCUT2D eigenvalue weighted by atomic mass is 10.1. The molecular weight excluding hydrogens is 402 g/mol. The zero-order chi connectivity index (χ0) is 22.3. The van der Waals surface area contributed by atoms with Crippen molar-refractivity contribution in [1.29, 1.82) is 0 Å². The number of para-hydroxylation sites is 1. The molecule has 1 aromatic heterocycles. The summed E-state index contributed by atoms with van der Waals surface area (Å²) in [4.78, 5) is 30.3. The van der Waals surface area contributed by atoms with Gasteiger partial charge in [0.2, 0.25) is 0 Å². The molecule has 168 valence electrons. The quantitative estimate of drug-likeness (QED) is 0.553. The van der Waals surface area contributed by atoms with E-state index in [0.29, 0.717) is 29.6 Å². The summed E-state index contributed by atoms with van der Waals surface area (Å²) in [6.45, 7) is 8.11. The molecule has 1 saturated heterocycles. The van der Waals surface area contributed by atoms with Crippen LogP contribution in [0.2, 0.25) is 0 Å². The van der Waals surface area contributed by atoms with Gasteiger partial charge in [0.25, 0.3) is 11.5 Å². The molecule has 1 aliphatic heterocycles. The monoisotopic (exact) mass is 433 g/mol. The van der Waals surface area contributed by atoms with Crippen molar-refractivity contribution in [2.45, 2.75) is 26.3 Å². The summed E-state index contributed by atoms with van der Waals surface area (Å²) < 4.78 is 1.41. The third-order valence-corrected chi connectivity index (χ3v) is 5.95. The third kappa shape index (κ3) is 4.99. The van der Waals surface area contributed by atoms with E-state index in [1.54, 1.807) is 12.1 Å². The highest BCUT2D eigenvalue weighted by Crippen LogP contribution is 2.16. The highest BCUT2D eigenvalue weighted by molar-refractivity contribution is 6.04. The lowest BCUT2D eigenvalue weighted by Gasteiger charge is -2.36. The fourth-order valence-corrected chi connectivity index (χ4v) is 4.22. The van der Waals surface area contributed by atoms with E-state index in [2.05, 4.69) is 44.5 Å². The largest absolute Gasteiger partial charge is 0.369 e. The maximum Gasteiger partial charge on any atom is 0.274 e. The number of aromatic nitrogens is 2. The van der Waals surface area contributed by atoms with E-state index in [4.69, 9.17) is 0 Å². The number of carbonyl (C=O) groups excluding carboxylic acids is 1. The predicted octanol–water partition coefficient (Wildman–Crippen LogP) is 2.75. The molecular formula is C25H31N5O2. The van der Waals surface area contributed by atoms with Crippen molar-refractivity contribution in [2.75, 3.05) is 44.2 Å². The lowest BCUT2D eigenvalue weighted by molar-refractivity contribution is 0.0946. The summed E-state index contributed by atoms with van der Waals surface area (Å²) in [6.07, 6.45) is 1.66. The first-order valence-corrected chi connectivity index (χ1v) is 11.5. The highest BCUT2D eigenvalue weighted by Gasteiger charge is 2.18. The van der Waals surface area contributed by atoms with Crippen molar-refractivity contribution >= 4 is 22.4 Å². The Morgan fingerprint density at radius 3 is 2.34 bits per heavy atom. The van der Waals surface area contributed by atoms with Gasteiger partial charge in [-0.1, -0.05) is 43.3 Å². The maximum absolute atomic E-state index is 12.9. The Morgan fingerprint density at radius 2 is 1.62 bits per heavy atom. The van der Waals surface area contributed by atoms with Crippen LogP contribution in [0.25, 0.3) is 10.8 Å². The number of piperazine rings is 1. The van der Waals surface area contributed by atoms with E-state index in [1.165, 1.54) is 10.4 Å². The zero-order valence-corrected chi connectivity index (χ0v) is 18.7. The average Bonchev–Trinajstić information content (AvgIpc) is 2.84. The van der Waals surface area contributed by atoms with Crippen molar-refractivity contribution in [3.63, 3.8) is 0 Å². The molecule has 2 heterocycles. The molecule has 0 spiro atoms. The molecule has 2 aromatic carbocycles. The Kier molecular flexibility index (Phi) is 7.17. The number of nitrogens with zero attached hydrogens (tertiary/aromatic N) is 4. The van der Waals surface area contributed by atoms with Gasteiger partial charge in [0, 0.05) is 50.3 Å². The summed E-state index contributed by atoms with van der Waals surface area (Å²) in [5.41, 5.74) is 1.46. The average molecular weight is 434 g/mol. The first kappa shape index (κ1) is 22.0. The van der Waals surface area contributed by atoms with Gasteiger partial charge >= 0.3 is 0 Å². The van der Waals surface area contributed by atoms with Gasteiger partial charge in [-0.2, -0.15) is 5.10 Å². The van der Waals surface area contributed by atoms with Crippen LogP contribution in [-0.2, 0) is 6.54 Å². The molecule has 0 bridgehead atoms. The van der Waals surface area contributed by atoms with Gasteiger partial charge < -0.3 is 10.2 Å². The Bertz CT molecular complexity index is 1100. The van der Waals surface area contributed by atoms with Gasteiger partial charge in [0.15, 0.2) is 5.69 Å². The number of aryl methyl sites for hydroxylation is 1. The molecule has 1 fully saturated rings. The van der Waals surface area contributed by atoms with Crippen molar-refractivity contribution in [3.8, 4) is 0 Å². The van der Waals surface area contributed by atoms with Crippen molar-refractivity contribution < 1.29 is 4.79 Å². The van der Waals surface area contributed by atoms with Crippen molar-refractivity contribution in [3.05, 3.63) is 70.6 Å². The van der Waals surface area contributed by atoms with Gasteiger partial charge in [0.05, 0.1) is 5.39 Å². The molecule has 1 N–H and O–H groups in total. The van der Waals surface area contributed by atoms with E-state index < -0.39 is 0 Å². The smallest absolute Gasteiger partial charge is 0.274 e. The van der Waals surface area contributed by atoms with E-state index in [0.717, 1.165) is 45.6 Å². The number of anilines is 1. The predicted molar refractivity (Wildman–Crippen MR) is 128 cm³/mol. The molecule has 7 heteroatoms. The van der Waals surface area contributed by atoms with E-state index >= 15 is 0 Å². The molecule has 4 rings (SSSR count). The minimum atomic E-state index is -0.222. The fraction of sp³-hybridized carbons (Fsp3) is 0.400. The first-order chi connectivity index (χ1) is 15.7. The van der Waals surface area contributed by atoms with Crippen molar-refractivity contribution in [2.24, 2.45) is 0 Å². The van der Waals surface area contributed by atoms with Crippen LogP contribution >= 0.6 is 0 Å². The van der Waals surface area contributed by atoms with Crippen LogP contribution in [0.1, 0.15) is 30.3 Å². The SMILES string of the molecule is CCCn1nc(C(=O)NCCCN2CCN(c3ccccc3)CC2)c2ccccc2c1=O. The van der Waals surface area contributed by atoms with Crippen LogP contribution in [-0.4, -0.2) is 59.9 Å². The normalized spacial score (nSPS) is 14.6. The van der Waals surface area contributed by atoms with Crippen LogP contribution in [0, 0.1) is 0 Å². The van der Waals surface area contributed by atoms with Gasteiger partial charge in [0.1, 0.15) is 0 Å². The van der Waals surface area contributed by atoms with E-state index in [9.17, 15) is 9.59 Å². The van der Waals surface area contributed by atoms with Crippen LogP contribution in [0.4, 0.5) is 5.69 Å². The van der Waals surface area contributed by atoms with Gasteiger partial charge in [-0.25, -0.2) is 4.68 Å². The van der Waals surface area contributed by atoms with E-state index in [1.807, 2.05) is 25.1 Å². The zero-order valence-electron chi connectivity index (χ0n) is 18.7. The van der Waals surface area contributed by atoms with Crippen LogP contribution in [0.5, 0.6) is 0 Å². The topological polar surface area (TPSA) is 70.5 Å². The minimum absolute atomic E-state index is 0.145. The molecule has 0 radical (unpaired) electrons. The molecule has 0 atom stereocenters. The number of benzene rings is 2. The fourth-order valence-electron chi connectivity index (χ4n) is 4.22. The number of rotatable bonds is 8. The van der Waals surface area contributed by atoms with Gasteiger partial charge in [-0.05, 0) is 37.6 Å². The molecule has 32 heavy (non-hydrogen) atoms. The molecule has 0 saturated carbocycles. The second-order valence-electron chi connectivity index (χ2n) is 8.20. The lowest BCUT2D eigenvalue weighted by Crippen LogP contribution is -2.47. The molecule has 3 aromatic rings. The molecule has 1 amide bonds. The molecule has 1 aliphatic rings. The molecule has 7 nitrogen and oxygen atoms in total. The summed E-state index contributed by atoms with van der Waals surface area (Å²) in [5, 5.41) is 8.52. The number of carbonyl (C=O) groups is 1. The van der Waals surface area contributed by atoms with Gasteiger partial charge in [-0.15, -0.1) is 0 Å². The third-order valence-electron chi connectivity index (χ3n) is 5.95. The Hall–Kier alpha value is -3.19. The molecule has 0 aliphatic carbocycles. The summed E-state index contributed by atoms with van der Waals surface area (Å²) in [6, 6.07) is 17.7. The number of nitrogens with one attached hydrogen (secondary N) is 1. The van der Waals surface area contributed by atoms with Crippen LogP contribution in [0.15, 0.2) is 59.4 Å². The maximum atomic E-state index is 12.9. The van der Waals surface area contributed by atoms with Crippen molar-refractivity contribution in [1.82, 2.24) is 20.0 Å². The summed E-state index contributed by atoms with van der Waals surface area (Å²) >= 11 is 0. The summed E-state index contributed by atoms with van der Waals surface area (Å²) in [7, 11) is 0. The van der Waals surface area contributed by atoms with Crippen LogP contribution in [0.3, 0.4) is 0 Å². The second-order valence-corrected chi connectivity index (χ2v) is 8.20. The minimum Gasteiger partial charge on any atom is -0.369 e. The second kappa shape index (κ2) is 10.4. The first-order valence-electron chi connectivity index (χ1n) is 11.5. The number of fused-ring (bicyclic) bond motifs is 1. The molecule has 0 unspecified atom stereocenters. The van der Waals surface area contributed by atoms with Gasteiger partial charge in [-0.3, -0.25) is 14.5 Å². The number of amides is 1. The summed E-state index contributed by atoms with van der Waals surface area (Å²) in [5.74, 6) is -0.222. The highest BCUT2D eigenvalue weighted by atomic mass is 16.2. The number of hydrogen-bond acceptors (Lipinski definition) is 5. The Labute approximate surface area is 188 Å². The van der Waals surface area contributed by atoms with Crippen LogP contribution < -0.4 is 15.8 Å². The Morgan fingerprint density at radius 1 is 0.938 bits per heavy atom. The number of hydrogen-bond donors (Lipinski definition) is 1. The standard InChI is InChI=1S/C25H31N5O2/c1-2-14-30-25(32)22-12-7-6-11-21(22)23(27-30)24(31)26-13-8-15-28-16-18-29(19-17-28)20-9-4-3-5-10-20/h3-7,9-12H,2,8,13-19H2,1H3,(H,26,31). The van der Waals surface area contributed by atoms with E-state index in [-0.39, 0.29) is 11.5 Å². The Balaban J connectivity index is 1.30.